The van der Waals surface area contributed by atoms with Crippen LogP contribution in [0.3, 0.4) is 0 Å². The summed E-state index contributed by atoms with van der Waals surface area (Å²) >= 11 is 0. The van der Waals surface area contributed by atoms with Crippen LogP contribution in [0.1, 0.15) is 17.3 Å². The number of aromatic nitrogens is 4. The fourth-order valence-corrected chi connectivity index (χ4v) is 3.35. The van der Waals surface area contributed by atoms with Gasteiger partial charge in [-0.3, -0.25) is 4.90 Å². The van der Waals surface area contributed by atoms with Crippen LogP contribution in [-0.4, -0.2) is 57.7 Å². The molecule has 28 heavy (non-hydrogen) atoms. The molecule has 0 bridgehead atoms. The van der Waals surface area contributed by atoms with E-state index < -0.39 is 0 Å². The maximum Gasteiger partial charge on any atom is 0.175 e. The Hall–Kier alpha value is -2.84. The quantitative estimate of drug-likeness (QED) is 0.707. The lowest BCUT2D eigenvalue weighted by Gasteiger charge is -2.35. The van der Waals surface area contributed by atoms with Gasteiger partial charge in [0.15, 0.2) is 5.82 Å². The largest absolute Gasteiger partial charge is 0.379 e. The van der Waals surface area contributed by atoms with Crippen molar-refractivity contribution in [1.82, 2.24) is 24.9 Å². The first kappa shape index (κ1) is 18.5. The zero-order chi connectivity index (χ0) is 19.3. The van der Waals surface area contributed by atoms with Crippen molar-refractivity contribution in [3.05, 3.63) is 65.7 Å². The Bertz CT molecular complexity index is 907. The predicted octanol–water partition coefficient (Wildman–Crippen LogP) is 2.60. The smallest absolute Gasteiger partial charge is 0.175 e. The maximum absolute atomic E-state index is 13.8. The second-order valence-corrected chi connectivity index (χ2v) is 6.78. The average molecular weight is 382 g/mol. The lowest BCUT2D eigenvalue weighted by atomic mass is 10.0. The zero-order valence-electron chi connectivity index (χ0n) is 15.8. The van der Waals surface area contributed by atoms with Gasteiger partial charge in [0.05, 0.1) is 24.9 Å². The lowest BCUT2D eigenvalue weighted by molar-refractivity contribution is 0.0186. The molecule has 0 aliphatic carbocycles. The molecule has 3 heterocycles. The molecule has 1 aliphatic heterocycles. The summed E-state index contributed by atoms with van der Waals surface area (Å²) in [7, 11) is 0. The van der Waals surface area contributed by atoms with E-state index in [0.717, 1.165) is 24.3 Å². The number of nitrogens with one attached hydrogen (secondary N) is 1. The molecule has 0 amide bonds. The number of aryl methyl sites for hydroxylation is 1. The predicted molar refractivity (Wildman–Crippen MR) is 104 cm³/mol. The molecular weight excluding hydrogens is 359 g/mol. The standard InChI is InChI=1S/C20H23FN6O/c1-15-7-8-27(25-15)20-6-5-19(23-24-20)22-14-18(26-9-11-28-12-10-26)16-3-2-4-17(21)13-16/h2-8,13,18H,9-12,14H2,1H3,(H,22,23). The van der Waals surface area contributed by atoms with Crippen molar-refractivity contribution >= 4 is 5.82 Å². The molecule has 7 nitrogen and oxygen atoms in total. The highest BCUT2D eigenvalue weighted by Gasteiger charge is 2.23. The molecule has 1 aliphatic rings. The van der Waals surface area contributed by atoms with Crippen molar-refractivity contribution in [3.8, 4) is 5.82 Å². The Kier molecular flexibility index (Phi) is 5.59. The second-order valence-electron chi connectivity index (χ2n) is 6.78. The van der Waals surface area contributed by atoms with E-state index >= 15 is 0 Å². The van der Waals surface area contributed by atoms with Crippen LogP contribution in [0.25, 0.3) is 5.82 Å². The number of benzene rings is 1. The highest BCUT2D eigenvalue weighted by atomic mass is 19.1. The van der Waals surface area contributed by atoms with Crippen LogP contribution in [0.2, 0.25) is 0 Å². The molecule has 0 saturated carbocycles. The first-order valence-corrected chi connectivity index (χ1v) is 9.36. The van der Waals surface area contributed by atoms with Gasteiger partial charge in [0, 0.05) is 25.8 Å². The number of ether oxygens (including phenoxy) is 1. The first-order valence-electron chi connectivity index (χ1n) is 9.36. The summed E-state index contributed by atoms with van der Waals surface area (Å²) in [5.41, 5.74) is 1.86. The van der Waals surface area contributed by atoms with Gasteiger partial charge in [0.25, 0.3) is 0 Å². The molecule has 1 N–H and O–H groups in total. The minimum Gasteiger partial charge on any atom is -0.379 e. The Balaban J connectivity index is 1.47. The number of anilines is 1. The molecule has 8 heteroatoms. The van der Waals surface area contributed by atoms with Crippen molar-refractivity contribution in [2.45, 2.75) is 13.0 Å². The van der Waals surface area contributed by atoms with E-state index in [4.69, 9.17) is 4.74 Å². The summed E-state index contributed by atoms with van der Waals surface area (Å²) in [5, 5.41) is 16.2. The molecule has 1 unspecified atom stereocenters. The van der Waals surface area contributed by atoms with Crippen LogP contribution in [0.4, 0.5) is 10.2 Å². The van der Waals surface area contributed by atoms with Crippen molar-refractivity contribution in [2.24, 2.45) is 0 Å². The van der Waals surface area contributed by atoms with E-state index in [-0.39, 0.29) is 11.9 Å². The van der Waals surface area contributed by atoms with Crippen LogP contribution in [0.15, 0.2) is 48.7 Å². The van der Waals surface area contributed by atoms with Crippen LogP contribution in [-0.2, 0) is 4.74 Å². The summed E-state index contributed by atoms with van der Waals surface area (Å²) in [5.74, 6) is 1.10. The van der Waals surface area contributed by atoms with Gasteiger partial charge >= 0.3 is 0 Å². The summed E-state index contributed by atoms with van der Waals surface area (Å²) in [6.45, 7) is 5.52. The van der Waals surface area contributed by atoms with E-state index in [1.54, 1.807) is 16.8 Å². The van der Waals surface area contributed by atoms with Gasteiger partial charge in [-0.25, -0.2) is 9.07 Å². The average Bonchev–Trinajstić information content (AvgIpc) is 3.16. The van der Waals surface area contributed by atoms with Crippen molar-refractivity contribution in [2.75, 3.05) is 38.2 Å². The van der Waals surface area contributed by atoms with Crippen molar-refractivity contribution < 1.29 is 9.13 Å². The fraction of sp³-hybridized carbons (Fsp3) is 0.350. The Morgan fingerprint density at radius 1 is 1.14 bits per heavy atom. The molecule has 1 aromatic carbocycles. The van der Waals surface area contributed by atoms with Crippen LogP contribution < -0.4 is 5.32 Å². The van der Waals surface area contributed by atoms with Crippen LogP contribution in [0.5, 0.6) is 0 Å². The number of hydrogen-bond donors (Lipinski definition) is 1. The topological polar surface area (TPSA) is 68.1 Å². The van der Waals surface area contributed by atoms with Crippen molar-refractivity contribution in [3.63, 3.8) is 0 Å². The van der Waals surface area contributed by atoms with E-state index in [1.807, 2.05) is 37.4 Å². The van der Waals surface area contributed by atoms with Gasteiger partial charge < -0.3 is 10.1 Å². The highest BCUT2D eigenvalue weighted by molar-refractivity contribution is 5.37. The molecule has 1 fully saturated rings. The number of morpholine rings is 1. The lowest BCUT2D eigenvalue weighted by Crippen LogP contribution is -2.41. The van der Waals surface area contributed by atoms with E-state index in [0.29, 0.717) is 31.4 Å². The van der Waals surface area contributed by atoms with Gasteiger partial charge in [-0.2, -0.15) is 5.10 Å². The van der Waals surface area contributed by atoms with Gasteiger partial charge in [-0.15, -0.1) is 10.2 Å². The normalized spacial score (nSPS) is 16.1. The Morgan fingerprint density at radius 3 is 2.68 bits per heavy atom. The monoisotopic (exact) mass is 382 g/mol. The SMILES string of the molecule is Cc1ccn(-c2ccc(NCC(c3cccc(F)c3)N3CCOCC3)nn2)n1. The minimum absolute atomic E-state index is 0.0230. The summed E-state index contributed by atoms with van der Waals surface area (Å²) in [6, 6.07) is 12.5. The van der Waals surface area contributed by atoms with E-state index in [1.165, 1.54) is 6.07 Å². The number of nitrogens with zero attached hydrogens (tertiary/aromatic N) is 5. The summed E-state index contributed by atoms with van der Waals surface area (Å²) in [6.07, 6.45) is 1.85. The molecule has 2 aromatic heterocycles. The van der Waals surface area contributed by atoms with Gasteiger partial charge in [0.1, 0.15) is 11.6 Å². The molecule has 3 aromatic rings. The third kappa shape index (κ3) is 4.35. The highest BCUT2D eigenvalue weighted by Crippen LogP contribution is 2.23. The number of rotatable bonds is 6. The molecule has 0 radical (unpaired) electrons. The first-order chi connectivity index (χ1) is 13.7. The van der Waals surface area contributed by atoms with Gasteiger partial charge in [0.2, 0.25) is 0 Å². The third-order valence-corrected chi connectivity index (χ3v) is 4.80. The molecule has 1 atom stereocenters. The zero-order valence-corrected chi connectivity index (χ0v) is 15.8. The Labute approximate surface area is 163 Å². The second kappa shape index (κ2) is 8.45. The molecule has 1 saturated heterocycles. The number of hydrogen-bond acceptors (Lipinski definition) is 6. The Morgan fingerprint density at radius 2 is 2.00 bits per heavy atom. The molecule has 0 spiro atoms. The van der Waals surface area contributed by atoms with Gasteiger partial charge in [-0.05, 0) is 42.8 Å². The maximum atomic E-state index is 13.8. The van der Waals surface area contributed by atoms with E-state index in [9.17, 15) is 4.39 Å². The summed E-state index contributed by atoms with van der Waals surface area (Å²) in [4.78, 5) is 2.31. The molecular formula is C20H23FN6O. The molecule has 146 valence electrons. The molecule has 4 rings (SSSR count). The van der Waals surface area contributed by atoms with Crippen molar-refractivity contribution in [1.29, 1.82) is 0 Å². The van der Waals surface area contributed by atoms with Gasteiger partial charge in [-0.1, -0.05) is 12.1 Å². The number of halogens is 1. The minimum atomic E-state index is -0.227. The van der Waals surface area contributed by atoms with Crippen LogP contribution in [0, 0.1) is 12.7 Å². The van der Waals surface area contributed by atoms with E-state index in [2.05, 4.69) is 25.5 Å². The third-order valence-electron chi connectivity index (χ3n) is 4.80. The summed E-state index contributed by atoms with van der Waals surface area (Å²) < 4.78 is 20.9. The van der Waals surface area contributed by atoms with Crippen LogP contribution >= 0.6 is 0 Å². The fourth-order valence-electron chi connectivity index (χ4n) is 3.35.